The smallest absolute Gasteiger partial charge is 0.259 e. The minimum absolute atomic E-state index is 0.174. The Bertz CT molecular complexity index is 883. The van der Waals surface area contributed by atoms with Crippen LogP contribution in [0.2, 0.25) is 0 Å². The third-order valence-electron chi connectivity index (χ3n) is 4.08. The van der Waals surface area contributed by atoms with E-state index in [1.807, 2.05) is 43.5 Å². The van der Waals surface area contributed by atoms with Crippen LogP contribution in [0.3, 0.4) is 0 Å². The average molecular weight is 339 g/mol. The number of hydrogen-bond donors (Lipinski definition) is 1. The van der Waals surface area contributed by atoms with Gasteiger partial charge in [-0.1, -0.05) is 12.1 Å². The van der Waals surface area contributed by atoms with Gasteiger partial charge in [-0.15, -0.1) is 0 Å². The summed E-state index contributed by atoms with van der Waals surface area (Å²) in [5.74, 6) is 0.243. The Kier molecular flexibility index (Phi) is 4.56. The molecular weight excluding hydrogens is 318 g/mol. The van der Waals surface area contributed by atoms with Gasteiger partial charge in [0.2, 0.25) is 5.88 Å². The summed E-state index contributed by atoms with van der Waals surface area (Å²) >= 11 is 0. The van der Waals surface area contributed by atoms with E-state index in [9.17, 15) is 4.79 Å². The van der Waals surface area contributed by atoms with Gasteiger partial charge >= 0.3 is 0 Å². The molecule has 1 aromatic carbocycles. The Labute approximate surface area is 146 Å². The number of ether oxygens (including phenoxy) is 1. The van der Waals surface area contributed by atoms with Crippen molar-refractivity contribution in [2.75, 3.05) is 7.11 Å². The van der Waals surface area contributed by atoms with E-state index >= 15 is 0 Å². The van der Waals surface area contributed by atoms with Crippen molar-refractivity contribution >= 4 is 5.91 Å². The van der Waals surface area contributed by atoms with Crippen LogP contribution in [0.1, 0.15) is 34.6 Å². The number of rotatable bonds is 5. The maximum atomic E-state index is 12.7. The lowest BCUT2D eigenvalue weighted by Gasteiger charge is -2.16. The number of nitrogens with zero attached hydrogens (tertiary/aromatic N) is 4. The first-order valence-electron chi connectivity index (χ1n) is 7.99. The largest absolute Gasteiger partial charge is 0.481 e. The Morgan fingerprint density at radius 3 is 2.80 bits per heavy atom. The fourth-order valence-corrected chi connectivity index (χ4v) is 2.84. The minimum atomic E-state index is -0.209. The lowest BCUT2D eigenvalue weighted by atomic mass is 10.1. The molecule has 0 unspecified atom stereocenters. The molecule has 130 valence electrons. The highest BCUT2D eigenvalue weighted by atomic mass is 16.5. The Hall–Kier alpha value is -3.09. The molecule has 7 heteroatoms. The summed E-state index contributed by atoms with van der Waals surface area (Å²) < 4.78 is 8.65. The maximum Gasteiger partial charge on any atom is 0.259 e. The van der Waals surface area contributed by atoms with E-state index in [-0.39, 0.29) is 11.9 Å². The van der Waals surface area contributed by atoms with Crippen LogP contribution in [0.5, 0.6) is 5.88 Å². The zero-order valence-corrected chi connectivity index (χ0v) is 14.7. The van der Waals surface area contributed by atoms with Crippen LogP contribution < -0.4 is 10.1 Å². The standard InChI is InChI=1S/C18H21N5O2/c1-12(14-7-5-8-15(11-14)23-10-6-9-19-23)20-17(24)16-13(2)21-22(3)18(16)25-4/h5-12H,1-4H3,(H,20,24)/t12-/m0/s1. The molecule has 2 aromatic heterocycles. The number of aryl methyl sites for hydroxylation is 2. The third-order valence-corrected chi connectivity index (χ3v) is 4.08. The van der Waals surface area contributed by atoms with Crippen LogP contribution in [0.15, 0.2) is 42.7 Å². The molecular formula is C18H21N5O2. The van der Waals surface area contributed by atoms with E-state index in [1.165, 1.54) is 7.11 Å². The molecule has 0 radical (unpaired) electrons. The second-order valence-electron chi connectivity index (χ2n) is 5.83. The summed E-state index contributed by atoms with van der Waals surface area (Å²) in [7, 11) is 3.28. The average Bonchev–Trinajstić information content (AvgIpc) is 3.22. The van der Waals surface area contributed by atoms with Gasteiger partial charge in [0.1, 0.15) is 5.56 Å². The van der Waals surface area contributed by atoms with Crippen LogP contribution in [0.4, 0.5) is 0 Å². The molecule has 3 aromatic rings. The van der Waals surface area contributed by atoms with Gasteiger partial charge in [0.15, 0.2) is 0 Å². The summed E-state index contributed by atoms with van der Waals surface area (Å²) in [6.45, 7) is 3.73. The molecule has 3 rings (SSSR count). The monoisotopic (exact) mass is 339 g/mol. The van der Waals surface area contributed by atoms with Gasteiger partial charge in [-0.05, 0) is 37.6 Å². The summed E-state index contributed by atoms with van der Waals surface area (Å²) in [6, 6.07) is 9.60. The molecule has 0 saturated heterocycles. The molecule has 0 saturated carbocycles. The highest BCUT2D eigenvalue weighted by Crippen LogP contribution is 2.23. The van der Waals surface area contributed by atoms with Crippen LogP contribution in [-0.2, 0) is 7.05 Å². The SMILES string of the molecule is COc1c(C(=O)N[C@@H](C)c2cccc(-n3cccn3)c2)c(C)nn1C. The van der Waals surface area contributed by atoms with Crippen molar-refractivity contribution in [1.82, 2.24) is 24.9 Å². The van der Waals surface area contributed by atoms with Gasteiger partial charge in [-0.25, -0.2) is 9.36 Å². The Morgan fingerprint density at radius 1 is 1.32 bits per heavy atom. The van der Waals surface area contributed by atoms with Crippen molar-refractivity contribution in [1.29, 1.82) is 0 Å². The van der Waals surface area contributed by atoms with E-state index in [2.05, 4.69) is 15.5 Å². The van der Waals surface area contributed by atoms with Gasteiger partial charge in [0, 0.05) is 19.4 Å². The lowest BCUT2D eigenvalue weighted by molar-refractivity contribution is 0.0936. The first-order valence-corrected chi connectivity index (χ1v) is 7.99. The van der Waals surface area contributed by atoms with Crippen LogP contribution in [0.25, 0.3) is 5.69 Å². The maximum absolute atomic E-state index is 12.7. The lowest BCUT2D eigenvalue weighted by Crippen LogP contribution is -2.27. The van der Waals surface area contributed by atoms with Gasteiger partial charge in [0.25, 0.3) is 5.91 Å². The molecule has 0 aliphatic rings. The van der Waals surface area contributed by atoms with E-state index in [0.717, 1.165) is 11.3 Å². The van der Waals surface area contributed by atoms with Crippen molar-refractivity contribution < 1.29 is 9.53 Å². The highest BCUT2D eigenvalue weighted by molar-refractivity contribution is 5.97. The number of aromatic nitrogens is 4. The summed E-state index contributed by atoms with van der Waals surface area (Å²) in [4.78, 5) is 12.7. The number of amides is 1. The van der Waals surface area contributed by atoms with Crippen LogP contribution >= 0.6 is 0 Å². The molecule has 1 amide bonds. The number of carbonyl (C=O) groups is 1. The summed E-state index contributed by atoms with van der Waals surface area (Å²) in [6.07, 6.45) is 3.61. The van der Waals surface area contributed by atoms with E-state index < -0.39 is 0 Å². The fraction of sp³-hybridized carbons (Fsp3) is 0.278. The Morgan fingerprint density at radius 2 is 2.12 bits per heavy atom. The first kappa shape index (κ1) is 16.8. The van der Waals surface area contributed by atoms with Crippen molar-refractivity contribution in [3.05, 3.63) is 59.5 Å². The van der Waals surface area contributed by atoms with Gasteiger partial charge in [-0.2, -0.15) is 10.2 Å². The first-order chi connectivity index (χ1) is 12.0. The molecule has 0 spiro atoms. The topological polar surface area (TPSA) is 74.0 Å². The van der Waals surface area contributed by atoms with Crippen molar-refractivity contribution in [2.45, 2.75) is 19.9 Å². The third kappa shape index (κ3) is 3.26. The minimum Gasteiger partial charge on any atom is -0.481 e. The molecule has 25 heavy (non-hydrogen) atoms. The zero-order chi connectivity index (χ0) is 18.0. The molecule has 2 heterocycles. The fourth-order valence-electron chi connectivity index (χ4n) is 2.84. The number of hydrogen-bond acceptors (Lipinski definition) is 4. The molecule has 0 aliphatic carbocycles. The number of carbonyl (C=O) groups excluding carboxylic acids is 1. The number of nitrogens with one attached hydrogen (secondary N) is 1. The predicted octanol–water partition coefficient (Wildman–Crippen LogP) is 2.41. The Balaban J connectivity index is 1.82. The van der Waals surface area contributed by atoms with Gasteiger partial charge in [-0.3, -0.25) is 4.79 Å². The van der Waals surface area contributed by atoms with Crippen molar-refractivity contribution in [2.24, 2.45) is 7.05 Å². The van der Waals surface area contributed by atoms with Crippen LogP contribution in [0, 0.1) is 6.92 Å². The summed E-state index contributed by atoms with van der Waals surface area (Å²) in [5, 5.41) is 11.5. The van der Waals surface area contributed by atoms with Crippen molar-refractivity contribution in [3.8, 4) is 11.6 Å². The highest BCUT2D eigenvalue weighted by Gasteiger charge is 2.22. The molecule has 1 atom stereocenters. The molecule has 7 nitrogen and oxygen atoms in total. The van der Waals surface area contributed by atoms with Gasteiger partial charge in [0.05, 0.1) is 24.5 Å². The van der Waals surface area contributed by atoms with Gasteiger partial charge < -0.3 is 10.1 Å². The molecule has 0 fully saturated rings. The van der Waals surface area contributed by atoms with E-state index in [1.54, 1.807) is 29.5 Å². The quantitative estimate of drug-likeness (QED) is 0.775. The predicted molar refractivity (Wildman–Crippen MR) is 93.9 cm³/mol. The number of methoxy groups -OCH3 is 1. The molecule has 1 N–H and O–H groups in total. The van der Waals surface area contributed by atoms with E-state index in [4.69, 9.17) is 4.74 Å². The van der Waals surface area contributed by atoms with Crippen LogP contribution in [-0.4, -0.2) is 32.6 Å². The van der Waals surface area contributed by atoms with Crippen molar-refractivity contribution in [3.63, 3.8) is 0 Å². The van der Waals surface area contributed by atoms with E-state index in [0.29, 0.717) is 17.1 Å². The second kappa shape index (κ2) is 6.80. The molecule has 0 aliphatic heterocycles. The second-order valence-corrected chi connectivity index (χ2v) is 5.83. The zero-order valence-electron chi connectivity index (χ0n) is 14.7. The normalized spacial score (nSPS) is 12.0. The molecule has 0 bridgehead atoms. The number of benzene rings is 1. The summed E-state index contributed by atoms with van der Waals surface area (Å²) in [5.41, 5.74) is 3.02.